The summed E-state index contributed by atoms with van der Waals surface area (Å²) in [6, 6.07) is 16.5. The monoisotopic (exact) mass is 496 g/mol. The van der Waals surface area contributed by atoms with Crippen LogP contribution in [0.3, 0.4) is 0 Å². The van der Waals surface area contributed by atoms with E-state index in [1.54, 1.807) is 0 Å². The highest BCUT2D eigenvalue weighted by Gasteiger charge is 2.13. The maximum Gasteiger partial charge on any atom is 0.231 e. The van der Waals surface area contributed by atoms with Gasteiger partial charge >= 0.3 is 0 Å². The predicted molar refractivity (Wildman–Crippen MR) is 124 cm³/mol. The van der Waals surface area contributed by atoms with Crippen LogP contribution in [0.15, 0.2) is 53.5 Å². The first-order chi connectivity index (χ1) is 13.2. The lowest BCUT2D eigenvalue weighted by Gasteiger charge is -2.18. The van der Waals surface area contributed by atoms with E-state index in [1.807, 2.05) is 24.3 Å². The third-order valence-corrected chi connectivity index (χ3v) is 4.28. The highest BCUT2D eigenvalue weighted by Crippen LogP contribution is 2.32. The molecule has 0 aromatic heterocycles. The molecule has 0 saturated carbocycles. The zero-order valence-electron chi connectivity index (χ0n) is 16.5. The van der Waals surface area contributed by atoms with Gasteiger partial charge in [-0.2, -0.15) is 0 Å². The minimum atomic E-state index is 0. The quantitative estimate of drug-likeness (QED) is 0.334. The van der Waals surface area contributed by atoms with Crippen LogP contribution in [0.2, 0.25) is 0 Å². The van der Waals surface area contributed by atoms with Crippen LogP contribution < -0.4 is 20.1 Å². The lowest BCUT2D eigenvalue weighted by Crippen LogP contribution is -2.40. The maximum atomic E-state index is 5.43. The zero-order valence-corrected chi connectivity index (χ0v) is 18.8. The molecule has 1 aliphatic heterocycles. The Morgan fingerprint density at radius 2 is 1.82 bits per heavy atom. The summed E-state index contributed by atoms with van der Waals surface area (Å²) in [6.45, 7) is 6.48. The van der Waals surface area contributed by atoms with Crippen molar-refractivity contribution in [3.8, 4) is 11.5 Å². The first-order valence-electron chi connectivity index (χ1n) is 9.38. The maximum absolute atomic E-state index is 5.43. The van der Waals surface area contributed by atoms with Gasteiger partial charge in [0.05, 0.1) is 6.54 Å². The fourth-order valence-corrected chi connectivity index (χ4v) is 2.89. The van der Waals surface area contributed by atoms with Crippen molar-refractivity contribution in [2.75, 3.05) is 33.5 Å². The fourth-order valence-electron chi connectivity index (χ4n) is 2.89. The average Bonchev–Trinajstić information content (AvgIpc) is 3.14. The molecule has 2 aromatic carbocycles. The number of hydrogen-bond acceptors (Lipinski definition) is 4. The Bertz CT molecular complexity index is 755. The SMILES string of the molecule is CCNC(=NCc1ccc2c(c1)OCO2)NCCN(C)Cc1ccccc1.I. The topological polar surface area (TPSA) is 58.1 Å². The summed E-state index contributed by atoms with van der Waals surface area (Å²) in [6.07, 6.45) is 0. The predicted octanol–water partition coefficient (Wildman–Crippen LogP) is 3.22. The Labute approximate surface area is 184 Å². The van der Waals surface area contributed by atoms with Gasteiger partial charge in [-0.3, -0.25) is 0 Å². The number of halogens is 1. The molecule has 1 aliphatic rings. The first-order valence-corrected chi connectivity index (χ1v) is 9.38. The van der Waals surface area contributed by atoms with E-state index in [0.29, 0.717) is 13.3 Å². The number of rotatable bonds is 8. The Kier molecular flexibility index (Phi) is 9.36. The molecule has 0 atom stereocenters. The van der Waals surface area contributed by atoms with Crippen LogP contribution in [0.4, 0.5) is 0 Å². The van der Waals surface area contributed by atoms with E-state index in [2.05, 4.69) is 58.8 Å². The molecule has 3 rings (SSSR count). The molecule has 7 heteroatoms. The second-order valence-electron chi connectivity index (χ2n) is 6.53. The highest BCUT2D eigenvalue weighted by molar-refractivity contribution is 14.0. The summed E-state index contributed by atoms with van der Waals surface area (Å²) >= 11 is 0. The minimum Gasteiger partial charge on any atom is -0.454 e. The largest absolute Gasteiger partial charge is 0.454 e. The molecule has 0 saturated heterocycles. The summed E-state index contributed by atoms with van der Waals surface area (Å²) in [5.41, 5.74) is 2.42. The van der Waals surface area contributed by atoms with Gasteiger partial charge in [0.25, 0.3) is 0 Å². The second-order valence-corrected chi connectivity index (χ2v) is 6.53. The van der Waals surface area contributed by atoms with Gasteiger partial charge in [0.1, 0.15) is 0 Å². The average molecular weight is 496 g/mol. The number of nitrogens with one attached hydrogen (secondary N) is 2. The molecule has 0 aliphatic carbocycles. The molecule has 28 heavy (non-hydrogen) atoms. The number of benzene rings is 2. The van der Waals surface area contributed by atoms with Crippen LogP contribution in [0.5, 0.6) is 11.5 Å². The van der Waals surface area contributed by atoms with Gasteiger partial charge in [-0.15, -0.1) is 24.0 Å². The molecule has 0 radical (unpaired) electrons. The van der Waals surface area contributed by atoms with Crippen molar-refractivity contribution in [1.82, 2.24) is 15.5 Å². The minimum absolute atomic E-state index is 0. The Hall–Kier alpha value is -2.00. The third kappa shape index (κ3) is 6.87. The lowest BCUT2D eigenvalue weighted by molar-refractivity contribution is 0.174. The molecule has 0 unspecified atom stereocenters. The van der Waals surface area contributed by atoms with Crippen LogP contribution in [0.1, 0.15) is 18.1 Å². The third-order valence-electron chi connectivity index (χ3n) is 4.28. The van der Waals surface area contributed by atoms with Crippen molar-refractivity contribution in [1.29, 1.82) is 0 Å². The van der Waals surface area contributed by atoms with Crippen molar-refractivity contribution < 1.29 is 9.47 Å². The number of aliphatic imine (C=N–C) groups is 1. The molecule has 0 bridgehead atoms. The van der Waals surface area contributed by atoms with Gasteiger partial charge in [0.15, 0.2) is 17.5 Å². The second kappa shape index (κ2) is 11.8. The van der Waals surface area contributed by atoms with Crippen LogP contribution in [-0.2, 0) is 13.1 Å². The van der Waals surface area contributed by atoms with Crippen molar-refractivity contribution in [3.05, 3.63) is 59.7 Å². The van der Waals surface area contributed by atoms with Gasteiger partial charge in [0.2, 0.25) is 6.79 Å². The first kappa shape index (κ1) is 22.3. The standard InChI is InChI=1S/C21H28N4O2.HI/c1-3-22-21(23-11-12-25(2)15-17-7-5-4-6-8-17)24-14-18-9-10-19-20(13-18)27-16-26-19;/h4-10,13H,3,11-12,14-16H2,1-2H3,(H2,22,23,24);1H. The van der Waals surface area contributed by atoms with Crippen molar-refractivity contribution in [3.63, 3.8) is 0 Å². The normalized spacial score (nSPS) is 12.6. The number of ether oxygens (including phenoxy) is 2. The summed E-state index contributed by atoms with van der Waals surface area (Å²) in [5.74, 6) is 2.42. The summed E-state index contributed by atoms with van der Waals surface area (Å²) in [5, 5.41) is 6.69. The van der Waals surface area contributed by atoms with E-state index in [-0.39, 0.29) is 24.0 Å². The molecule has 0 amide bonds. The van der Waals surface area contributed by atoms with Gasteiger partial charge in [0, 0.05) is 26.2 Å². The zero-order chi connectivity index (χ0) is 18.9. The Morgan fingerprint density at radius 3 is 2.61 bits per heavy atom. The number of fused-ring (bicyclic) bond motifs is 1. The van der Waals surface area contributed by atoms with Crippen LogP contribution in [0.25, 0.3) is 0 Å². The summed E-state index contributed by atoms with van der Waals surface area (Å²) in [7, 11) is 2.13. The molecule has 0 fully saturated rings. The van der Waals surface area contributed by atoms with E-state index < -0.39 is 0 Å². The van der Waals surface area contributed by atoms with Gasteiger partial charge in [-0.1, -0.05) is 36.4 Å². The summed E-state index contributed by atoms with van der Waals surface area (Å²) in [4.78, 5) is 6.96. The molecule has 152 valence electrons. The van der Waals surface area contributed by atoms with E-state index in [1.165, 1.54) is 5.56 Å². The molecule has 2 aromatic rings. The molecular weight excluding hydrogens is 467 g/mol. The van der Waals surface area contributed by atoms with E-state index in [0.717, 1.165) is 49.2 Å². The van der Waals surface area contributed by atoms with Crippen LogP contribution in [-0.4, -0.2) is 44.3 Å². The smallest absolute Gasteiger partial charge is 0.231 e. The number of likely N-dealkylation sites (N-methyl/N-ethyl adjacent to an activating group) is 1. The molecule has 0 spiro atoms. The van der Waals surface area contributed by atoms with Crippen molar-refractivity contribution in [2.24, 2.45) is 4.99 Å². The number of hydrogen-bond donors (Lipinski definition) is 2. The van der Waals surface area contributed by atoms with Gasteiger partial charge < -0.3 is 25.0 Å². The Morgan fingerprint density at radius 1 is 1.04 bits per heavy atom. The van der Waals surface area contributed by atoms with Crippen LogP contribution in [0, 0.1) is 0 Å². The molecule has 1 heterocycles. The molecular formula is C21H29IN4O2. The summed E-state index contributed by atoms with van der Waals surface area (Å²) < 4.78 is 10.8. The highest BCUT2D eigenvalue weighted by atomic mass is 127. The van der Waals surface area contributed by atoms with E-state index in [9.17, 15) is 0 Å². The van der Waals surface area contributed by atoms with Crippen LogP contribution >= 0.6 is 24.0 Å². The molecule has 2 N–H and O–H groups in total. The van der Waals surface area contributed by atoms with Gasteiger partial charge in [-0.05, 0) is 37.2 Å². The number of nitrogens with zero attached hydrogens (tertiary/aromatic N) is 2. The lowest BCUT2D eigenvalue weighted by atomic mass is 10.2. The number of guanidine groups is 1. The van der Waals surface area contributed by atoms with Crippen molar-refractivity contribution in [2.45, 2.75) is 20.0 Å². The van der Waals surface area contributed by atoms with Crippen molar-refractivity contribution >= 4 is 29.9 Å². The molecule has 6 nitrogen and oxygen atoms in total. The van der Waals surface area contributed by atoms with Gasteiger partial charge in [-0.25, -0.2) is 4.99 Å². The fraction of sp³-hybridized carbons (Fsp3) is 0.381. The van der Waals surface area contributed by atoms with E-state index >= 15 is 0 Å². The van der Waals surface area contributed by atoms with E-state index in [4.69, 9.17) is 9.47 Å². The Balaban J connectivity index is 0.00000280.